The van der Waals surface area contributed by atoms with E-state index < -0.39 is 17.8 Å². The zero-order valence-corrected chi connectivity index (χ0v) is 6.71. The average molecular weight is 206 g/mol. The lowest BCUT2D eigenvalue weighted by Gasteiger charge is -2.09. The molecule has 14 heavy (non-hydrogen) atoms. The van der Waals surface area contributed by atoms with E-state index in [1.807, 2.05) is 0 Å². The second-order valence-corrected chi connectivity index (χ2v) is 2.29. The number of aromatic nitrogens is 1. The van der Waals surface area contributed by atoms with Crippen molar-refractivity contribution in [2.75, 3.05) is 5.73 Å². The van der Waals surface area contributed by atoms with Crippen LogP contribution in [0.1, 0.15) is 10.5 Å². The van der Waals surface area contributed by atoms with E-state index in [-0.39, 0.29) is 12.1 Å². The number of anilines is 1. The van der Waals surface area contributed by atoms with Gasteiger partial charge in [-0.15, -0.1) is 13.2 Å². The molecule has 0 saturated heterocycles. The molecule has 1 aromatic rings. The number of aldehydes is 1. The third-order valence-electron chi connectivity index (χ3n) is 1.24. The van der Waals surface area contributed by atoms with Gasteiger partial charge < -0.3 is 10.5 Å². The molecule has 1 rings (SSSR count). The summed E-state index contributed by atoms with van der Waals surface area (Å²) < 4.78 is 38.8. The summed E-state index contributed by atoms with van der Waals surface area (Å²) in [4.78, 5) is 13.7. The van der Waals surface area contributed by atoms with Crippen molar-refractivity contribution < 1.29 is 22.7 Å². The quantitative estimate of drug-likeness (QED) is 0.742. The summed E-state index contributed by atoms with van der Waals surface area (Å²) in [6.45, 7) is 0. The predicted octanol–water partition coefficient (Wildman–Crippen LogP) is 1.37. The number of carbonyl (C=O) groups excluding carboxylic acids is 1. The molecule has 0 aliphatic heterocycles. The number of halogens is 3. The molecule has 0 saturated carbocycles. The molecule has 0 amide bonds. The third-order valence-corrected chi connectivity index (χ3v) is 1.24. The zero-order chi connectivity index (χ0) is 10.8. The van der Waals surface area contributed by atoms with Crippen LogP contribution in [0.5, 0.6) is 5.75 Å². The molecule has 0 fully saturated rings. The normalized spacial score (nSPS) is 11.1. The van der Waals surface area contributed by atoms with Gasteiger partial charge in [0.25, 0.3) is 0 Å². The number of hydrogen-bond donors (Lipinski definition) is 1. The van der Waals surface area contributed by atoms with Gasteiger partial charge in [-0.3, -0.25) is 4.79 Å². The van der Waals surface area contributed by atoms with Crippen LogP contribution in [-0.4, -0.2) is 17.6 Å². The van der Waals surface area contributed by atoms with Crippen molar-refractivity contribution in [3.8, 4) is 5.75 Å². The lowest BCUT2D eigenvalue weighted by atomic mass is 10.3. The van der Waals surface area contributed by atoms with Gasteiger partial charge in [-0.05, 0) is 12.1 Å². The number of nitrogen functional groups attached to an aromatic ring is 1. The first-order valence-electron chi connectivity index (χ1n) is 3.40. The first-order valence-corrected chi connectivity index (χ1v) is 3.40. The Balaban J connectivity index is 3.03. The Labute approximate surface area is 76.5 Å². The Hall–Kier alpha value is -1.79. The smallest absolute Gasteiger partial charge is 0.403 e. The van der Waals surface area contributed by atoms with Gasteiger partial charge >= 0.3 is 6.36 Å². The van der Waals surface area contributed by atoms with Crippen LogP contribution < -0.4 is 10.5 Å². The van der Waals surface area contributed by atoms with Crippen molar-refractivity contribution in [1.29, 1.82) is 0 Å². The standard InChI is InChI=1S/C7H5F3N2O2/c8-7(9,10)14-5-1-2-6(11)12-4(5)3-13/h1-3H,(H2,11,12). The zero-order valence-electron chi connectivity index (χ0n) is 6.71. The molecule has 2 N–H and O–H groups in total. The molecule has 0 bridgehead atoms. The number of pyridine rings is 1. The monoisotopic (exact) mass is 206 g/mol. The molecule has 0 aliphatic rings. The van der Waals surface area contributed by atoms with Gasteiger partial charge in [-0.2, -0.15) is 0 Å². The Morgan fingerprint density at radius 3 is 2.57 bits per heavy atom. The highest BCUT2D eigenvalue weighted by atomic mass is 19.4. The number of nitrogens with two attached hydrogens (primary N) is 1. The van der Waals surface area contributed by atoms with Crippen molar-refractivity contribution in [1.82, 2.24) is 4.98 Å². The molecule has 7 heteroatoms. The maximum Gasteiger partial charge on any atom is 0.573 e. The van der Waals surface area contributed by atoms with E-state index in [1.165, 1.54) is 0 Å². The molecule has 0 aromatic carbocycles. The van der Waals surface area contributed by atoms with Gasteiger partial charge in [0, 0.05) is 0 Å². The van der Waals surface area contributed by atoms with Crippen LogP contribution in [0.2, 0.25) is 0 Å². The first kappa shape index (κ1) is 10.3. The number of hydrogen-bond acceptors (Lipinski definition) is 4. The van der Waals surface area contributed by atoms with E-state index in [9.17, 15) is 18.0 Å². The largest absolute Gasteiger partial charge is 0.573 e. The summed E-state index contributed by atoms with van der Waals surface area (Å²) in [5.41, 5.74) is 4.68. The summed E-state index contributed by atoms with van der Waals surface area (Å²) >= 11 is 0. The maximum absolute atomic E-state index is 11.8. The molecular weight excluding hydrogens is 201 g/mol. The van der Waals surface area contributed by atoms with Crippen LogP contribution in [0.4, 0.5) is 19.0 Å². The highest BCUT2D eigenvalue weighted by molar-refractivity contribution is 5.77. The predicted molar refractivity (Wildman–Crippen MR) is 40.7 cm³/mol. The van der Waals surface area contributed by atoms with Crippen molar-refractivity contribution >= 4 is 12.1 Å². The van der Waals surface area contributed by atoms with E-state index in [2.05, 4.69) is 9.72 Å². The number of alkyl halides is 3. The van der Waals surface area contributed by atoms with E-state index in [0.717, 1.165) is 12.1 Å². The summed E-state index contributed by atoms with van der Waals surface area (Å²) in [5.74, 6) is -0.719. The molecule has 0 atom stereocenters. The average Bonchev–Trinajstić information content (AvgIpc) is 2.06. The van der Waals surface area contributed by atoms with Gasteiger partial charge in [0.05, 0.1) is 0 Å². The van der Waals surface area contributed by atoms with Crippen molar-refractivity contribution in [3.05, 3.63) is 17.8 Å². The molecule has 4 nitrogen and oxygen atoms in total. The minimum atomic E-state index is -4.85. The van der Waals surface area contributed by atoms with Crippen LogP contribution in [-0.2, 0) is 0 Å². The number of carbonyl (C=O) groups is 1. The molecular formula is C7H5F3N2O2. The van der Waals surface area contributed by atoms with Crippen molar-refractivity contribution in [2.45, 2.75) is 6.36 Å². The molecule has 0 aliphatic carbocycles. The van der Waals surface area contributed by atoms with Gasteiger partial charge in [0.2, 0.25) is 0 Å². The first-order chi connectivity index (χ1) is 6.42. The second kappa shape index (κ2) is 3.52. The number of nitrogens with zero attached hydrogens (tertiary/aromatic N) is 1. The van der Waals surface area contributed by atoms with E-state index in [4.69, 9.17) is 5.73 Å². The van der Waals surface area contributed by atoms with Crippen molar-refractivity contribution in [2.24, 2.45) is 0 Å². The van der Waals surface area contributed by atoms with Gasteiger partial charge in [0.1, 0.15) is 11.5 Å². The Morgan fingerprint density at radius 1 is 1.43 bits per heavy atom. The van der Waals surface area contributed by atoms with E-state index in [0.29, 0.717) is 0 Å². The fraction of sp³-hybridized carbons (Fsp3) is 0.143. The Morgan fingerprint density at radius 2 is 2.07 bits per heavy atom. The van der Waals surface area contributed by atoms with E-state index in [1.54, 1.807) is 0 Å². The lowest BCUT2D eigenvalue weighted by molar-refractivity contribution is -0.274. The highest BCUT2D eigenvalue weighted by Crippen LogP contribution is 2.24. The van der Waals surface area contributed by atoms with E-state index >= 15 is 0 Å². The Bertz CT molecular complexity index is 351. The second-order valence-electron chi connectivity index (χ2n) is 2.29. The number of ether oxygens (including phenoxy) is 1. The minimum Gasteiger partial charge on any atom is -0.403 e. The third kappa shape index (κ3) is 2.61. The molecule has 0 unspecified atom stereocenters. The number of rotatable bonds is 2. The van der Waals surface area contributed by atoms with Crippen LogP contribution in [0.15, 0.2) is 12.1 Å². The summed E-state index contributed by atoms with van der Waals surface area (Å²) in [6, 6.07) is 2.04. The van der Waals surface area contributed by atoms with Crippen LogP contribution in [0, 0.1) is 0 Å². The summed E-state index contributed by atoms with van der Waals surface area (Å²) in [6.07, 6.45) is -4.72. The fourth-order valence-electron chi connectivity index (χ4n) is 0.773. The van der Waals surface area contributed by atoms with Crippen molar-refractivity contribution in [3.63, 3.8) is 0 Å². The molecule has 0 spiro atoms. The topological polar surface area (TPSA) is 65.2 Å². The molecule has 0 radical (unpaired) electrons. The van der Waals surface area contributed by atoms with Crippen LogP contribution in [0.25, 0.3) is 0 Å². The maximum atomic E-state index is 11.8. The Kier molecular flexibility index (Phi) is 2.59. The van der Waals surface area contributed by atoms with Gasteiger partial charge in [-0.25, -0.2) is 4.98 Å². The molecule has 76 valence electrons. The molecule has 1 aromatic heterocycles. The fourth-order valence-corrected chi connectivity index (χ4v) is 0.773. The molecule has 1 heterocycles. The summed E-state index contributed by atoms with van der Waals surface area (Å²) in [5, 5.41) is 0. The van der Waals surface area contributed by atoms with Gasteiger partial charge in [0.15, 0.2) is 12.0 Å². The minimum absolute atomic E-state index is 0.0541. The SMILES string of the molecule is Nc1ccc(OC(F)(F)F)c(C=O)n1. The van der Waals surface area contributed by atoms with Crippen LogP contribution in [0.3, 0.4) is 0 Å². The highest BCUT2D eigenvalue weighted by Gasteiger charge is 2.32. The van der Waals surface area contributed by atoms with Gasteiger partial charge in [-0.1, -0.05) is 0 Å². The lowest BCUT2D eigenvalue weighted by Crippen LogP contribution is -2.18. The van der Waals surface area contributed by atoms with Crippen LogP contribution >= 0.6 is 0 Å². The summed E-state index contributed by atoms with van der Waals surface area (Å²) in [7, 11) is 0.